The average molecular weight is 210 g/mol. The van der Waals surface area contributed by atoms with E-state index in [4.69, 9.17) is 0 Å². The smallest absolute Gasteiger partial charge is 0.317 e. The molecule has 0 spiro atoms. The van der Waals surface area contributed by atoms with Crippen LogP contribution in [0, 0.1) is 5.92 Å². The lowest BCUT2D eigenvalue weighted by molar-refractivity contribution is 0.170. The van der Waals surface area contributed by atoms with Crippen molar-refractivity contribution in [2.45, 2.75) is 51.5 Å². The van der Waals surface area contributed by atoms with E-state index in [0.29, 0.717) is 6.04 Å². The van der Waals surface area contributed by atoms with E-state index in [0.717, 1.165) is 31.8 Å². The van der Waals surface area contributed by atoms with Gasteiger partial charge in [-0.05, 0) is 31.6 Å². The summed E-state index contributed by atoms with van der Waals surface area (Å²) in [6, 6.07) is 0.630. The molecule has 3 nitrogen and oxygen atoms in total. The molecule has 2 amide bonds. The first-order valence-corrected chi connectivity index (χ1v) is 6.31. The summed E-state index contributed by atoms with van der Waals surface area (Å²) >= 11 is 0. The van der Waals surface area contributed by atoms with Crippen LogP contribution in [0.15, 0.2) is 0 Å². The highest BCUT2D eigenvalue weighted by atomic mass is 16.2. The number of carbonyl (C=O) groups excluding carboxylic acids is 1. The summed E-state index contributed by atoms with van der Waals surface area (Å²) in [7, 11) is 0. The van der Waals surface area contributed by atoms with Crippen molar-refractivity contribution in [2.24, 2.45) is 5.92 Å². The van der Waals surface area contributed by atoms with Crippen LogP contribution in [-0.2, 0) is 0 Å². The van der Waals surface area contributed by atoms with Gasteiger partial charge in [0.1, 0.15) is 0 Å². The summed E-state index contributed by atoms with van der Waals surface area (Å²) < 4.78 is 0. The lowest BCUT2D eigenvalue weighted by atomic mass is 10.00. The maximum Gasteiger partial charge on any atom is 0.317 e. The topological polar surface area (TPSA) is 32.3 Å². The first kappa shape index (κ1) is 10.8. The molecule has 0 unspecified atom stereocenters. The number of piperidine rings is 1. The molecule has 2 rings (SSSR count). The molecule has 0 aromatic heterocycles. The van der Waals surface area contributed by atoms with E-state index >= 15 is 0 Å². The fourth-order valence-corrected chi connectivity index (χ4v) is 2.55. The molecule has 1 saturated heterocycles. The third kappa shape index (κ3) is 2.86. The molecule has 3 heteroatoms. The molecule has 15 heavy (non-hydrogen) atoms. The summed E-state index contributed by atoms with van der Waals surface area (Å²) in [6.07, 6.45) is 7.24. The van der Waals surface area contributed by atoms with Gasteiger partial charge in [0, 0.05) is 19.1 Å². The molecule has 1 aliphatic carbocycles. The number of nitrogens with zero attached hydrogens (tertiary/aromatic N) is 1. The maximum absolute atomic E-state index is 11.9. The fraction of sp³-hybridized carbons (Fsp3) is 0.917. The van der Waals surface area contributed by atoms with Crippen molar-refractivity contribution >= 4 is 6.03 Å². The van der Waals surface area contributed by atoms with Crippen LogP contribution in [-0.4, -0.2) is 30.1 Å². The van der Waals surface area contributed by atoms with Crippen LogP contribution in [0.25, 0.3) is 0 Å². The minimum atomic E-state index is 0.175. The van der Waals surface area contributed by atoms with Gasteiger partial charge in [0.05, 0.1) is 0 Å². The second kappa shape index (κ2) is 4.86. The molecular formula is C12H22N2O. The van der Waals surface area contributed by atoms with Gasteiger partial charge in [-0.3, -0.25) is 0 Å². The number of hydrogen-bond donors (Lipinski definition) is 1. The fourth-order valence-electron chi connectivity index (χ4n) is 2.55. The zero-order chi connectivity index (χ0) is 10.7. The lowest BCUT2D eigenvalue weighted by Crippen LogP contribution is -2.47. The third-order valence-corrected chi connectivity index (χ3v) is 3.75. The Kier molecular flexibility index (Phi) is 3.49. The predicted molar refractivity (Wildman–Crippen MR) is 60.8 cm³/mol. The van der Waals surface area contributed by atoms with Crippen LogP contribution in [0.2, 0.25) is 0 Å². The van der Waals surface area contributed by atoms with Crippen LogP contribution >= 0.6 is 0 Å². The summed E-state index contributed by atoms with van der Waals surface area (Å²) in [5.74, 6) is 0.792. The Morgan fingerprint density at radius 1 is 1.13 bits per heavy atom. The van der Waals surface area contributed by atoms with Gasteiger partial charge in [-0.1, -0.05) is 19.8 Å². The second-order valence-corrected chi connectivity index (χ2v) is 5.10. The predicted octanol–water partition coefficient (Wildman–Crippen LogP) is 2.37. The number of nitrogens with one attached hydrogen (secondary N) is 1. The number of likely N-dealkylation sites (tertiary alicyclic amines) is 1. The van der Waals surface area contributed by atoms with Crippen LogP contribution in [0.3, 0.4) is 0 Å². The van der Waals surface area contributed by atoms with Crippen molar-refractivity contribution in [1.29, 1.82) is 0 Å². The molecule has 0 aromatic carbocycles. The average Bonchev–Trinajstić information content (AvgIpc) is 2.71. The van der Waals surface area contributed by atoms with Crippen molar-refractivity contribution in [3.05, 3.63) is 0 Å². The Labute approximate surface area is 92.2 Å². The molecule has 1 aliphatic heterocycles. The van der Waals surface area contributed by atoms with Crippen molar-refractivity contribution in [3.63, 3.8) is 0 Å². The van der Waals surface area contributed by atoms with Crippen molar-refractivity contribution in [1.82, 2.24) is 10.2 Å². The quantitative estimate of drug-likeness (QED) is 0.708. The van der Waals surface area contributed by atoms with Gasteiger partial charge >= 0.3 is 6.03 Å². The van der Waals surface area contributed by atoms with Crippen molar-refractivity contribution in [3.8, 4) is 0 Å². The molecule has 2 aliphatic rings. The molecule has 0 aromatic rings. The number of hydrogen-bond acceptors (Lipinski definition) is 1. The van der Waals surface area contributed by atoms with Crippen LogP contribution < -0.4 is 5.32 Å². The highest BCUT2D eigenvalue weighted by molar-refractivity contribution is 5.74. The van der Waals surface area contributed by atoms with Crippen LogP contribution in [0.1, 0.15) is 45.4 Å². The SMILES string of the molecule is CC1CCN(C(=O)NC2CCCC2)CC1. The Morgan fingerprint density at radius 2 is 1.73 bits per heavy atom. The number of urea groups is 1. The van der Waals surface area contributed by atoms with Crippen molar-refractivity contribution < 1.29 is 4.79 Å². The molecule has 1 saturated carbocycles. The van der Waals surface area contributed by atoms with Gasteiger partial charge < -0.3 is 10.2 Å². The molecule has 0 radical (unpaired) electrons. The Hall–Kier alpha value is -0.730. The largest absolute Gasteiger partial charge is 0.335 e. The maximum atomic E-state index is 11.9. The molecule has 1 N–H and O–H groups in total. The highest BCUT2D eigenvalue weighted by Gasteiger charge is 2.23. The van der Waals surface area contributed by atoms with E-state index in [2.05, 4.69) is 12.2 Å². The molecule has 0 bridgehead atoms. The van der Waals surface area contributed by atoms with Gasteiger partial charge in [-0.25, -0.2) is 4.79 Å². The van der Waals surface area contributed by atoms with Gasteiger partial charge in [0.2, 0.25) is 0 Å². The van der Waals surface area contributed by atoms with E-state index in [-0.39, 0.29) is 6.03 Å². The minimum Gasteiger partial charge on any atom is -0.335 e. The van der Waals surface area contributed by atoms with Crippen LogP contribution in [0.4, 0.5) is 4.79 Å². The molecule has 0 atom stereocenters. The van der Waals surface area contributed by atoms with E-state index < -0.39 is 0 Å². The van der Waals surface area contributed by atoms with E-state index in [9.17, 15) is 4.79 Å². The summed E-state index contributed by atoms with van der Waals surface area (Å²) in [5.41, 5.74) is 0. The van der Waals surface area contributed by atoms with Gasteiger partial charge in [0.15, 0.2) is 0 Å². The molecule has 86 valence electrons. The van der Waals surface area contributed by atoms with E-state index in [1.807, 2.05) is 4.90 Å². The van der Waals surface area contributed by atoms with Crippen molar-refractivity contribution in [2.75, 3.05) is 13.1 Å². The van der Waals surface area contributed by atoms with Gasteiger partial charge in [0.25, 0.3) is 0 Å². The normalized spacial score (nSPS) is 24.5. The summed E-state index contributed by atoms with van der Waals surface area (Å²) in [5, 5.41) is 3.15. The number of amides is 2. The summed E-state index contributed by atoms with van der Waals surface area (Å²) in [4.78, 5) is 13.9. The Bertz CT molecular complexity index is 216. The first-order chi connectivity index (χ1) is 7.25. The third-order valence-electron chi connectivity index (χ3n) is 3.75. The highest BCUT2D eigenvalue weighted by Crippen LogP contribution is 2.19. The zero-order valence-electron chi connectivity index (χ0n) is 9.67. The second-order valence-electron chi connectivity index (χ2n) is 5.10. The van der Waals surface area contributed by atoms with E-state index in [1.165, 1.54) is 25.7 Å². The zero-order valence-corrected chi connectivity index (χ0v) is 9.67. The summed E-state index contributed by atoms with van der Waals surface area (Å²) in [6.45, 7) is 4.16. The minimum absolute atomic E-state index is 0.175. The number of carbonyl (C=O) groups is 1. The van der Waals surface area contributed by atoms with E-state index in [1.54, 1.807) is 0 Å². The Morgan fingerprint density at radius 3 is 2.33 bits per heavy atom. The van der Waals surface area contributed by atoms with Gasteiger partial charge in [-0.2, -0.15) is 0 Å². The van der Waals surface area contributed by atoms with Gasteiger partial charge in [-0.15, -0.1) is 0 Å². The monoisotopic (exact) mass is 210 g/mol. The standard InChI is InChI=1S/C12H22N2O/c1-10-6-8-14(9-7-10)12(15)13-11-4-2-3-5-11/h10-11H,2-9H2,1H3,(H,13,15). The molecule has 1 heterocycles. The first-order valence-electron chi connectivity index (χ1n) is 6.31. The lowest BCUT2D eigenvalue weighted by Gasteiger charge is -2.31. The molecule has 2 fully saturated rings. The molecular weight excluding hydrogens is 188 g/mol. The van der Waals surface area contributed by atoms with Crippen LogP contribution in [0.5, 0.6) is 0 Å². The Balaban J connectivity index is 1.75. The number of rotatable bonds is 1.